The number of aromatic amines is 1. The maximum absolute atomic E-state index is 11.3. The normalized spacial score (nSPS) is 10.5. The lowest BCUT2D eigenvalue weighted by atomic mass is 9.95. The zero-order valence-electron chi connectivity index (χ0n) is 6.97. The summed E-state index contributed by atoms with van der Waals surface area (Å²) in [6, 6.07) is 3.44. The van der Waals surface area contributed by atoms with Crippen LogP contribution in [0.4, 0.5) is 0 Å². The Morgan fingerprint density at radius 2 is 2.23 bits per heavy atom. The van der Waals surface area contributed by atoms with Crippen LogP contribution in [0.2, 0.25) is 5.02 Å². The Kier molecular flexibility index (Phi) is 1.85. The van der Waals surface area contributed by atoms with Crippen molar-refractivity contribution in [1.29, 1.82) is 0 Å². The first-order chi connectivity index (χ1) is 6.18. The summed E-state index contributed by atoms with van der Waals surface area (Å²) in [5.41, 5.74) is 1.44. The Bertz CT molecular complexity index is 523. The van der Waals surface area contributed by atoms with Gasteiger partial charge >= 0.3 is 0 Å². The molecule has 0 aliphatic carbocycles. The minimum atomic E-state index is -0.160. The Balaban J connectivity index is 2.97. The van der Waals surface area contributed by atoms with Crippen LogP contribution in [-0.4, -0.2) is 17.8 Å². The van der Waals surface area contributed by atoms with Crippen LogP contribution in [-0.2, 0) is 0 Å². The molecular formula is C8H6BClN2O. The number of nitrogens with one attached hydrogen (secondary N) is 1. The quantitative estimate of drug-likeness (QED) is 0.589. The summed E-state index contributed by atoms with van der Waals surface area (Å²) in [7, 11) is 1.88. The van der Waals surface area contributed by atoms with E-state index in [9.17, 15) is 4.79 Å². The molecule has 0 spiro atoms. The molecule has 0 unspecified atom stereocenters. The van der Waals surface area contributed by atoms with Crippen molar-refractivity contribution in [2.75, 3.05) is 0 Å². The maximum atomic E-state index is 11.3. The third-order valence-corrected chi connectivity index (χ3v) is 2.33. The fourth-order valence-corrected chi connectivity index (χ4v) is 1.36. The van der Waals surface area contributed by atoms with Gasteiger partial charge in [-0.3, -0.25) is 4.79 Å². The van der Waals surface area contributed by atoms with Gasteiger partial charge in [-0.15, -0.1) is 0 Å². The molecule has 13 heavy (non-hydrogen) atoms. The molecule has 1 N–H and O–H groups in total. The molecule has 64 valence electrons. The monoisotopic (exact) mass is 192 g/mol. The van der Waals surface area contributed by atoms with Gasteiger partial charge in [0.2, 0.25) is 0 Å². The molecule has 0 radical (unpaired) electrons. The van der Waals surface area contributed by atoms with Gasteiger partial charge in [-0.2, -0.15) is 0 Å². The van der Waals surface area contributed by atoms with Crippen molar-refractivity contribution in [3.63, 3.8) is 0 Å². The lowest BCUT2D eigenvalue weighted by Crippen LogP contribution is -2.10. The highest BCUT2D eigenvalue weighted by Crippen LogP contribution is 2.10. The highest BCUT2D eigenvalue weighted by molar-refractivity contribution is 6.45. The summed E-state index contributed by atoms with van der Waals surface area (Å²) in [4.78, 5) is 17.8. The van der Waals surface area contributed by atoms with E-state index in [0.717, 1.165) is 5.46 Å². The van der Waals surface area contributed by atoms with E-state index in [4.69, 9.17) is 11.6 Å². The van der Waals surface area contributed by atoms with Crippen LogP contribution in [0, 0.1) is 0 Å². The molecule has 2 aromatic rings. The Morgan fingerprint density at radius 1 is 1.46 bits per heavy atom. The van der Waals surface area contributed by atoms with Crippen molar-refractivity contribution in [2.24, 2.45) is 0 Å². The second kappa shape index (κ2) is 2.89. The zero-order valence-corrected chi connectivity index (χ0v) is 7.72. The number of nitrogens with zero attached hydrogens (tertiary/aromatic N) is 1. The van der Waals surface area contributed by atoms with Gasteiger partial charge in [0.25, 0.3) is 5.56 Å². The average molecular weight is 192 g/mol. The van der Waals surface area contributed by atoms with E-state index in [2.05, 4.69) is 9.97 Å². The average Bonchev–Trinajstić information content (AvgIpc) is 2.09. The Labute approximate surface area is 80.2 Å². The molecule has 5 heteroatoms. The summed E-state index contributed by atoms with van der Waals surface area (Å²) in [6.07, 6.45) is 1.39. The standard InChI is InChI=1S/C8H6BClN2O/c9-5-2-7-4(1-6(5)10)8(13)12-3-11-7/h1-3H,9H2,(H,11,12,13). The number of halogens is 1. The first-order valence-corrected chi connectivity index (χ1v) is 4.20. The largest absolute Gasteiger partial charge is 0.313 e. The molecule has 0 saturated carbocycles. The molecule has 0 bridgehead atoms. The van der Waals surface area contributed by atoms with E-state index < -0.39 is 0 Å². The lowest BCUT2D eigenvalue weighted by molar-refractivity contribution is 1.17. The third-order valence-electron chi connectivity index (χ3n) is 1.92. The Hall–Kier alpha value is -1.29. The van der Waals surface area contributed by atoms with E-state index in [1.54, 1.807) is 12.1 Å². The highest BCUT2D eigenvalue weighted by atomic mass is 35.5. The van der Waals surface area contributed by atoms with Gasteiger partial charge in [0.1, 0.15) is 7.85 Å². The number of H-pyrrole nitrogens is 1. The number of rotatable bonds is 0. The van der Waals surface area contributed by atoms with Crippen LogP contribution in [0.15, 0.2) is 23.3 Å². The molecule has 0 atom stereocenters. The van der Waals surface area contributed by atoms with Crippen molar-refractivity contribution >= 4 is 35.8 Å². The number of hydrogen-bond acceptors (Lipinski definition) is 2. The van der Waals surface area contributed by atoms with Gasteiger partial charge in [0, 0.05) is 5.02 Å². The van der Waals surface area contributed by atoms with Crippen molar-refractivity contribution in [2.45, 2.75) is 0 Å². The van der Waals surface area contributed by atoms with E-state index in [1.807, 2.05) is 7.85 Å². The fraction of sp³-hybridized carbons (Fsp3) is 0. The van der Waals surface area contributed by atoms with E-state index in [1.165, 1.54) is 6.33 Å². The van der Waals surface area contributed by atoms with Crippen LogP contribution in [0.3, 0.4) is 0 Å². The van der Waals surface area contributed by atoms with Gasteiger partial charge in [-0.25, -0.2) is 4.98 Å². The Morgan fingerprint density at radius 3 is 3.00 bits per heavy atom. The van der Waals surface area contributed by atoms with Crippen LogP contribution in [0.25, 0.3) is 10.9 Å². The second-order valence-electron chi connectivity index (χ2n) is 2.85. The number of hydrogen-bond donors (Lipinski definition) is 1. The summed E-state index contributed by atoms with van der Waals surface area (Å²) in [5, 5.41) is 1.11. The SMILES string of the molecule is Bc1cc2nc[nH]c(=O)c2cc1Cl. The van der Waals surface area contributed by atoms with Crippen LogP contribution >= 0.6 is 11.6 Å². The number of fused-ring (bicyclic) bond motifs is 1. The molecule has 0 aliphatic heterocycles. The third kappa shape index (κ3) is 1.33. The smallest absolute Gasteiger partial charge is 0.258 e. The minimum Gasteiger partial charge on any atom is -0.313 e. The topological polar surface area (TPSA) is 45.8 Å². The molecule has 0 amide bonds. The van der Waals surface area contributed by atoms with Gasteiger partial charge < -0.3 is 4.98 Å². The summed E-state index contributed by atoms with van der Waals surface area (Å²) in [5.74, 6) is 0. The molecule has 3 nitrogen and oxygen atoms in total. The number of benzene rings is 1. The van der Waals surface area contributed by atoms with E-state index in [-0.39, 0.29) is 5.56 Å². The van der Waals surface area contributed by atoms with E-state index >= 15 is 0 Å². The zero-order chi connectivity index (χ0) is 9.42. The van der Waals surface area contributed by atoms with E-state index in [0.29, 0.717) is 15.9 Å². The van der Waals surface area contributed by atoms with Crippen molar-refractivity contribution in [1.82, 2.24) is 9.97 Å². The lowest BCUT2D eigenvalue weighted by Gasteiger charge is -1.99. The number of aromatic nitrogens is 2. The first-order valence-electron chi connectivity index (χ1n) is 3.82. The molecule has 1 heterocycles. The van der Waals surface area contributed by atoms with Crippen LogP contribution in [0.5, 0.6) is 0 Å². The predicted octanol–water partition coefficient (Wildman–Crippen LogP) is -0.165. The summed E-state index contributed by atoms with van der Waals surface area (Å²) < 4.78 is 0. The van der Waals surface area contributed by atoms with Crippen LogP contribution in [0.1, 0.15) is 0 Å². The molecule has 1 aromatic carbocycles. The summed E-state index contributed by atoms with van der Waals surface area (Å²) in [6.45, 7) is 0. The van der Waals surface area contributed by atoms with Gasteiger partial charge in [-0.05, 0) is 12.1 Å². The summed E-state index contributed by atoms with van der Waals surface area (Å²) >= 11 is 5.88. The highest BCUT2D eigenvalue weighted by Gasteiger charge is 2.02. The fourth-order valence-electron chi connectivity index (χ4n) is 1.19. The molecule has 2 rings (SSSR count). The molecule has 0 aliphatic rings. The second-order valence-corrected chi connectivity index (χ2v) is 3.26. The predicted molar refractivity (Wildman–Crippen MR) is 55.6 cm³/mol. The molecule has 0 saturated heterocycles. The molecule has 1 aromatic heterocycles. The van der Waals surface area contributed by atoms with Gasteiger partial charge in [0.05, 0.1) is 17.2 Å². The van der Waals surface area contributed by atoms with Gasteiger partial charge in [-0.1, -0.05) is 17.1 Å². The maximum Gasteiger partial charge on any atom is 0.258 e. The van der Waals surface area contributed by atoms with Crippen molar-refractivity contribution in [3.8, 4) is 0 Å². The minimum absolute atomic E-state index is 0.160. The first kappa shape index (κ1) is 8.32. The van der Waals surface area contributed by atoms with Gasteiger partial charge in [0.15, 0.2) is 0 Å². The molecular weight excluding hydrogens is 186 g/mol. The van der Waals surface area contributed by atoms with Crippen molar-refractivity contribution in [3.05, 3.63) is 33.8 Å². The van der Waals surface area contributed by atoms with Crippen LogP contribution < -0.4 is 11.0 Å². The molecule has 0 fully saturated rings. The van der Waals surface area contributed by atoms with Crippen molar-refractivity contribution < 1.29 is 0 Å².